The molecule has 1 aromatic carbocycles. The van der Waals surface area contributed by atoms with Gasteiger partial charge < -0.3 is 15.4 Å². The Morgan fingerprint density at radius 2 is 1.81 bits per heavy atom. The first-order valence-electron chi connectivity index (χ1n) is 7.29. The van der Waals surface area contributed by atoms with Crippen LogP contribution in [0.5, 0.6) is 0 Å². The molecule has 1 aliphatic rings. The van der Waals surface area contributed by atoms with E-state index in [0.717, 1.165) is 31.5 Å². The van der Waals surface area contributed by atoms with Gasteiger partial charge in [0.05, 0.1) is 5.54 Å². The molecular weight excluding hydrogens is 271 g/mol. The van der Waals surface area contributed by atoms with E-state index >= 15 is 0 Å². The summed E-state index contributed by atoms with van der Waals surface area (Å²) in [6.07, 6.45) is 1.06. The van der Waals surface area contributed by atoms with Crippen LogP contribution in [-0.4, -0.2) is 24.8 Å². The molecule has 1 saturated heterocycles. The predicted octanol–water partition coefficient (Wildman–Crippen LogP) is 2.93. The van der Waals surface area contributed by atoms with Gasteiger partial charge in [0, 0.05) is 0 Å². The first-order valence-corrected chi connectivity index (χ1v) is 7.29. The first-order chi connectivity index (χ1) is 9.81. The molecule has 0 aliphatic carbocycles. The Balaban J connectivity index is 2.21. The van der Waals surface area contributed by atoms with Gasteiger partial charge in [-0.2, -0.15) is 0 Å². The second kappa shape index (κ2) is 6.02. The maximum atomic E-state index is 13.1. The fourth-order valence-corrected chi connectivity index (χ4v) is 2.61. The molecule has 0 bridgehead atoms. The van der Waals surface area contributed by atoms with Crippen LogP contribution >= 0.6 is 0 Å². The van der Waals surface area contributed by atoms with E-state index in [4.69, 9.17) is 4.74 Å². The molecule has 5 heteroatoms. The van der Waals surface area contributed by atoms with Gasteiger partial charge in [-0.05, 0) is 64.4 Å². The van der Waals surface area contributed by atoms with Crippen molar-refractivity contribution in [2.75, 3.05) is 13.1 Å². The average molecular weight is 294 g/mol. The van der Waals surface area contributed by atoms with E-state index in [0.29, 0.717) is 0 Å². The fraction of sp³-hybridized carbons (Fsp3) is 0.562. The summed E-state index contributed by atoms with van der Waals surface area (Å²) in [4.78, 5) is 12.1. The third-order valence-corrected chi connectivity index (χ3v) is 3.59. The van der Waals surface area contributed by atoms with Gasteiger partial charge in [-0.1, -0.05) is 12.1 Å². The van der Waals surface area contributed by atoms with E-state index in [1.165, 1.54) is 12.1 Å². The van der Waals surface area contributed by atoms with Crippen molar-refractivity contribution in [3.8, 4) is 0 Å². The number of halogens is 1. The van der Waals surface area contributed by atoms with E-state index in [1.807, 2.05) is 20.8 Å². The van der Waals surface area contributed by atoms with Crippen LogP contribution < -0.4 is 10.6 Å². The van der Waals surface area contributed by atoms with Gasteiger partial charge in [0.1, 0.15) is 11.4 Å². The molecule has 1 amide bonds. The number of benzene rings is 1. The highest BCUT2D eigenvalue weighted by Crippen LogP contribution is 2.31. The van der Waals surface area contributed by atoms with Crippen molar-refractivity contribution in [3.05, 3.63) is 35.6 Å². The molecule has 1 aromatic rings. The minimum Gasteiger partial charge on any atom is -0.444 e. The highest BCUT2D eigenvalue weighted by Gasteiger charge is 2.36. The summed E-state index contributed by atoms with van der Waals surface area (Å²) in [5.74, 6) is -0.278. The van der Waals surface area contributed by atoms with Crippen LogP contribution in [0.15, 0.2) is 24.3 Å². The smallest absolute Gasteiger partial charge is 0.408 e. The second-order valence-electron chi connectivity index (χ2n) is 6.47. The van der Waals surface area contributed by atoms with Gasteiger partial charge in [-0.3, -0.25) is 0 Å². The zero-order valence-electron chi connectivity index (χ0n) is 12.8. The van der Waals surface area contributed by atoms with Crippen molar-refractivity contribution in [1.29, 1.82) is 0 Å². The number of alkyl carbamates (subject to hydrolysis) is 1. The highest BCUT2D eigenvalue weighted by atomic mass is 19.1. The van der Waals surface area contributed by atoms with Gasteiger partial charge in [-0.15, -0.1) is 0 Å². The standard InChI is InChI=1S/C16H23FN2O2/c1-15(2,3)21-14(20)19-16(8-10-18-11-9-16)12-4-6-13(17)7-5-12/h4-7,18H,8-11H2,1-3H3,(H,19,20). The number of hydrogen-bond acceptors (Lipinski definition) is 3. The SMILES string of the molecule is CC(C)(C)OC(=O)NC1(c2ccc(F)cc2)CCNCC1. The number of ether oxygens (including phenoxy) is 1. The molecule has 2 N–H and O–H groups in total. The monoisotopic (exact) mass is 294 g/mol. The van der Waals surface area contributed by atoms with Gasteiger partial charge >= 0.3 is 6.09 Å². The molecule has 0 radical (unpaired) electrons. The maximum absolute atomic E-state index is 13.1. The molecule has 2 rings (SSSR count). The van der Waals surface area contributed by atoms with Crippen LogP contribution in [0.1, 0.15) is 39.2 Å². The third-order valence-electron chi connectivity index (χ3n) is 3.59. The van der Waals surface area contributed by atoms with E-state index in [9.17, 15) is 9.18 Å². The van der Waals surface area contributed by atoms with E-state index < -0.39 is 17.2 Å². The van der Waals surface area contributed by atoms with Crippen LogP contribution in [0.4, 0.5) is 9.18 Å². The topological polar surface area (TPSA) is 50.4 Å². The number of carbonyl (C=O) groups is 1. The Kier molecular flexibility index (Phi) is 4.52. The van der Waals surface area contributed by atoms with Crippen LogP contribution in [0.2, 0.25) is 0 Å². The maximum Gasteiger partial charge on any atom is 0.408 e. The van der Waals surface area contributed by atoms with Gasteiger partial charge in [0.2, 0.25) is 0 Å². The number of rotatable bonds is 2. The number of amides is 1. The summed E-state index contributed by atoms with van der Waals surface area (Å²) in [5.41, 5.74) is -0.126. The minimum atomic E-state index is -0.541. The molecule has 0 saturated carbocycles. The molecule has 1 aliphatic heterocycles. The molecule has 4 nitrogen and oxygen atoms in total. The lowest BCUT2D eigenvalue weighted by molar-refractivity contribution is 0.0426. The van der Waals surface area contributed by atoms with Crippen molar-refractivity contribution < 1.29 is 13.9 Å². The summed E-state index contributed by atoms with van der Waals surface area (Å²) in [7, 11) is 0. The predicted molar refractivity (Wildman–Crippen MR) is 79.6 cm³/mol. The largest absolute Gasteiger partial charge is 0.444 e. The fourth-order valence-electron chi connectivity index (χ4n) is 2.61. The summed E-state index contributed by atoms with van der Waals surface area (Å²) >= 11 is 0. The summed E-state index contributed by atoms with van der Waals surface area (Å²) in [6, 6.07) is 6.32. The van der Waals surface area contributed by atoms with Crippen molar-refractivity contribution >= 4 is 6.09 Å². The molecule has 0 atom stereocenters. The lowest BCUT2D eigenvalue weighted by Gasteiger charge is -2.39. The normalized spacial score (nSPS) is 18.1. The van der Waals surface area contributed by atoms with E-state index in [-0.39, 0.29) is 5.82 Å². The van der Waals surface area contributed by atoms with Crippen LogP contribution in [0.3, 0.4) is 0 Å². The Morgan fingerprint density at radius 3 is 2.33 bits per heavy atom. The van der Waals surface area contributed by atoms with Crippen molar-refractivity contribution in [2.24, 2.45) is 0 Å². The van der Waals surface area contributed by atoms with Gasteiger partial charge in [0.15, 0.2) is 0 Å². The van der Waals surface area contributed by atoms with Gasteiger partial charge in [0.25, 0.3) is 0 Å². The molecule has 0 unspecified atom stereocenters. The molecule has 0 spiro atoms. The lowest BCUT2D eigenvalue weighted by Crippen LogP contribution is -2.53. The average Bonchev–Trinajstić information content (AvgIpc) is 2.38. The molecule has 116 valence electrons. The molecule has 1 heterocycles. The van der Waals surface area contributed by atoms with Crippen LogP contribution in [0, 0.1) is 5.82 Å². The quantitative estimate of drug-likeness (QED) is 0.881. The van der Waals surface area contributed by atoms with Crippen molar-refractivity contribution in [1.82, 2.24) is 10.6 Å². The first kappa shape index (κ1) is 15.8. The van der Waals surface area contributed by atoms with Crippen LogP contribution in [-0.2, 0) is 10.3 Å². The number of hydrogen-bond donors (Lipinski definition) is 2. The van der Waals surface area contributed by atoms with Crippen molar-refractivity contribution in [3.63, 3.8) is 0 Å². The van der Waals surface area contributed by atoms with Crippen LogP contribution in [0.25, 0.3) is 0 Å². The molecular formula is C16H23FN2O2. The number of nitrogens with one attached hydrogen (secondary N) is 2. The summed E-state index contributed by atoms with van der Waals surface area (Å²) in [5, 5.41) is 6.28. The van der Waals surface area contributed by atoms with Gasteiger partial charge in [-0.25, -0.2) is 9.18 Å². The third kappa shape index (κ3) is 4.17. The zero-order valence-corrected chi connectivity index (χ0v) is 12.8. The Hall–Kier alpha value is -1.62. The molecule has 0 aromatic heterocycles. The second-order valence-corrected chi connectivity index (χ2v) is 6.47. The Labute approximate surface area is 125 Å². The number of carbonyl (C=O) groups excluding carboxylic acids is 1. The minimum absolute atomic E-state index is 0.278. The number of piperidine rings is 1. The Bertz CT molecular complexity index is 488. The van der Waals surface area contributed by atoms with Crippen molar-refractivity contribution in [2.45, 2.75) is 44.8 Å². The Morgan fingerprint density at radius 1 is 1.24 bits per heavy atom. The zero-order chi connectivity index (χ0) is 15.5. The highest BCUT2D eigenvalue weighted by molar-refractivity contribution is 5.69. The molecule has 21 heavy (non-hydrogen) atoms. The lowest BCUT2D eigenvalue weighted by atomic mass is 9.81. The van der Waals surface area contributed by atoms with E-state index in [2.05, 4.69) is 10.6 Å². The van der Waals surface area contributed by atoms with E-state index in [1.54, 1.807) is 12.1 Å². The summed E-state index contributed by atoms with van der Waals surface area (Å²) < 4.78 is 18.5. The molecule has 1 fully saturated rings. The summed E-state index contributed by atoms with van der Waals surface area (Å²) in [6.45, 7) is 7.10.